The average Bonchev–Trinajstić information content (AvgIpc) is 2.66. The van der Waals surface area contributed by atoms with Gasteiger partial charge in [-0.05, 0) is 20.8 Å². The van der Waals surface area contributed by atoms with Crippen LogP contribution in [0.1, 0.15) is 26.5 Å². The molecule has 0 unspecified atom stereocenters. The van der Waals surface area contributed by atoms with E-state index in [1.165, 1.54) is 11.0 Å². The topological polar surface area (TPSA) is 120 Å². The van der Waals surface area contributed by atoms with Crippen LogP contribution in [0.2, 0.25) is 0 Å². The maximum absolute atomic E-state index is 11.8. The van der Waals surface area contributed by atoms with Gasteiger partial charge in [-0.2, -0.15) is 10.4 Å². The summed E-state index contributed by atoms with van der Waals surface area (Å²) >= 11 is 0. The third-order valence-corrected chi connectivity index (χ3v) is 2.36. The van der Waals surface area contributed by atoms with Gasteiger partial charge in [0, 0.05) is 0 Å². The average molecular weight is 274 g/mol. The first-order valence-electron chi connectivity index (χ1n) is 5.91. The monoisotopic (exact) mass is 274 g/mol. The Morgan fingerprint density at radius 1 is 1.50 bits per heavy atom. The molecule has 0 aliphatic carbocycles. The van der Waals surface area contributed by atoms with Crippen LogP contribution < -0.4 is 5.73 Å². The molecule has 104 valence electrons. The summed E-state index contributed by atoms with van der Waals surface area (Å²) in [4.78, 5) is 19.6. The maximum Gasteiger partial charge on any atom is 0.328 e. The van der Waals surface area contributed by atoms with E-state index in [0.29, 0.717) is 11.0 Å². The Morgan fingerprint density at radius 2 is 2.20 bits per heavy atom. The first-order chi connectivity index (χ1) is 9.31. The van der Waals surface area contributed by atoms with Crippen molar-refractivity contribution < 1.29 is 9.53 Å². The highest BCUT2D eigenvalue weighted by atomic mass is 16.6. The van der Waals surface area contributed by atoms with E-state index in [2.05, 4.69) is 15.1 Å². The second-order valence-corrected chi connectivity index (χ2v) is 5.16. The summed E-state index contributed by atoms with van der Waals surface area (Å²) < 4.78 is 6.50. The lowest BCUT2D eigenvalue weighted by atomic mass is 10.2. The summed E-state index contributed by atoms with van der Waals surface area (Å²) in [5.41, 5.74) is 5.53. The Hall–Kier alpha value is -2.69. The molecular formula is C12H14N6O2. The predicted octanol–water partition coefficient (Wildman–Crippen LogP) is 0.622. The quantitative estimate of drug-likeness (QED) is 0.797. The first kappa shape index (κ1) is 13.7. The van der Waals surface area contributed by atoms with Crippen molar-refractivity contribution in [3.8, 4) is 6.07 Å². The van der Waals surface area contributed by atoms with Gasteiger partial charge in [0.05, 0.1) is 5.39 Å². The number of esters is 1. The van der Waals surface area contributed by atoms with Gasteiger partial charge in [0.15, 0.2) is 11.3 Å². The predicted molar refractivity (Wildman–Crippen MR) is 70.3 cm³/mol. The van der Waals surface area contributed by atoms with E-state index in [0.717, 1.165) is 0 Å². The molecule has 0 amide bonds. The van der Waals surface area contributed by atoms with Crippen molar-refractivity contribution in [1.29, 1.82) is 5.26 Å². The van der Waals surface area contributed by atoms with Crippen molar-refractivity contribution in [3.05, 3.63) is 12.0 Å². The summed E-state index contributed by atoms with van der Waals surface area (Å²) in [6.07, 6.45) is 1.26. The van der Waals surface area contributed by atoms with Crippen LogP contribution in [0.4, 0.5) is 5.82 Å². The van der Waals surface area contributed by atoms with Crippen LogP contribution in [-0.2, 0) is 16.1 Å². The number of ether oxygens (including phenoxy) is 1. The van der Waals surface area contributed by atoms with E-state index in [4.69, 9.17) is 15.7 Å². The van der Waals surface area contributed by atoms with Crippen molar-refractivity contribution in [1.82, 2.24) is 19.7 Å². The summed E-state index contributed by atoms with van der Waals surface area (Å²) in [5.74, 6) is -0.314. The zero-order valence-electron chi connectivity index (χ0n) is 11.4. The molecule has 0 radical (unpaired) electrons. The number of rotatable bonds is 2. The molecule has 8 heteroatoms. The molecule has 2 rings (SSSR count). The lowest BCUT2D eigenvalue weighted by Crippen LogP contribution is -2.26. The Balaban J connectivity index is 2.39. The summed E-state index contributed by atoms with van der Waals surface area (Å²) in [7, 11) is 0. The zero-order chi connectivity index (χ0) is 14.9. The van der Waals surface area contributed by atoms with Gasteiger partial charge in [-0.3, -0.25) is 4.79 Å². The van der Waals surface area contributed by atoms with Crippen LogP contribution in [-0.4, -0.2) is 31.3 Å². The van der Waals surface area contributed by atoms with Gasteiger partial charge < -0.3 is 10.5 Å². The van der Waals surface area contributed by atoms with Gasteiger partial charge in [-0.25, -0.2) is 14.6 Å². The number of nitrogen functional groups attached to an aromatic ring is 1. The third kappa shape index (κ3) is 2.66. The SMILES string of the molecule is CC(C)(C)OC(=O)Cn1nc(C#N)c2c(N)ncnc21. The Kier molecular flexibility index (Phi) is 3.28. The summed E-state index contributed by atoms with van der Waals surface area (Å²) in [6.45, 7) is 5.17. The number of hydrogen-bond acceptors (Lipinski definition) is 7. The van der Waals surface area contributed by atoms with E-state index in [1.54, 1.807) is 20.8 Å². The molecule has 2 N–H and O–H groups in total. The largest absolute Gasteiger partial charge is 0.459 e. The van der Waals surface area contributed by atoms with Crippen LogP contribution in [0.25, 0.3) is 11.0 Å². The Labute approximate surface area is 115 Å². The maximum atomic E-state index is 11.8. The van der Waals surface area contributed by atoms with Crippen molar-refractivity contribution in [2.45, 2.75) is 32.9 Å². The number of hydrogen-bond donors (Lipinski definition) is 1. The number of carbonyl (C=O) groups excluding carboxylic acids is 1. The lowest BCUT2D eigenvalue weighted by Gasteiger charge is -2.19. The minimum atomic E-state index is -0.591. The van der Waals surface area contributed by atoms with Gasteiger partial charge >= 0.3 is 5.97 Å². The van der Waals surface area contributed by atoms with Gasteiger partial charge in [0.25, 0.3) is 0 Å². The molecule has 0 spiro atoms. The fourth-order valence-corrected chi connectivity index (χ4v) is 1.71. The van der Waals surface area contributed by atoms with Crippen LogP contribution in [0.3, 0.4) is 0 Å². The molecule has 0 bridgehead atoms. The molecule has 0 aliphatic heterocycles. The molecule has 0 aromatic carbocycles. The first-order valence-corrected chi connectivity index (χ1v) is 5.91. The number of carbonyl (C=O) groups is 1. The normalized spacial score (nSPS) is 11.3. The molecular weight excluding hydrogens is 260 g/mol. The number of aromatic nitrogens is 4. The smallest absolute Gasteiger partial charge is 0.328 e. The second-order valence-electron chi connectivity index (χ2n) is 5.16. The molecule has 2 heterocycles. The molecule has 0 aliphatic rings. The molecule has 0 fully saturated rings. The highest BCUT2D eigenvalue weighted by molar-refractivity contribution is 5.90. The van der Waals surface area contributed by atoms with Gasteiger partial charge in [0.1, 0.15) is 30.4 Å². The van der Waals surface area contributed by atoms with Crippen LogP contribution in [0.15, 0.2) is 6.33 Å². The standard InChI is InChI=1S/C12H14N6O2/c1-12(2,3)20-8(19)5-18-11-9(7(4-13)17-18)10(14)15-6-16-11/h6H,5H2,1-3H3,(H2,14,15,16). The fourth-order valence-electron chi connectivity index (χ4n) is 1.71. The number of nitrogens with two attached hydrogens (primary N) is 1. The lowest BCUT2D eigenvalue weighted by molar-refractivity contribution is -0.155. The highest BCUT2D eigenvalue weighted by Crippen LogP contribution is 2.20. The fraction of sp³-hybridized carbons (Fsp3) is 0.417. The zero-order valence-corrected chi connectivity index (χ0v) is 11.4. The molecule has 2 aromatic rings. The van der Waals surface area contributed by atoms with Crippen molar-refractivity contribution in [2.24, 2.45) is 0 Å². The highest BCUT2D eigenvalue weighted by Gasteiger charge is 2.20. The number of fused-ring (bicyclic) bond motifs is 1. The second kappa shape index (κ2) is 4.77. The van der Waals surface area contributed by atoms with Gasteiger partial charge in [-0.1, -0.05) is 0 Å². The van der Waals surface area contributed by atoms with E-state index >= 15 is 0 Å². The van der Waals surface area contributed by atoms with Crippen LogP contribution in [0, 0.1) is 11.3 Å². The minimum absolute atomic E-state index is 0.0849. The Bertz CT molecular complexity index is 707. The van der Waals surface area contributed by atoms with Crippen molar-refractivity contribution in [2.75, 3.05) is 5.73 Å². The number of anilines is 1. The minimum Gasteiger partial charge on any atom is -0.459 e. The molecule has 20 heavy (non-hydrogen) atoms. The van der Waals surface area contributed by atoms with Crippen LogP contribution >= 0.6 is 0 Å². The molecule has 0 saturated heterocycles. The number of nitriles is 1. The third-order valence-electron chi connectivity index (χ3n) is 2.36. The summed E-state index contributed by atoms with van der Waals surface area (Å²) in [6, 6.07) is 1.91. The molecule has 2 aromatic heterocycles. The Morgan fingerprint density at radius 3 is 2.80 bits per heavy atom. The van der Waals surface area contributed by atoms with E-state index in [1.807, 2.05) is 6.07 Å². The van der Waals surface area contributed by atoms with Crippen molar-refractivity contribution in [3.63, 3.8) is 0 Å². The van der Waals surface area contributed by atoms with E-state index < -0.39 is 11.6 Å². The van der Waals surface area contributed by atoms with E-state index in [-0.39, 0.29) is 18.1 Å². The molecule has 8 nitrogen and oxygen atoms in total. The molecule has 0 atom stereocenters. The van der Waals surface area contributed by atoms with Gasteiger partial charge in [0.2, 0.25) is 0 Å². The van der Waals surface area contributed by atoms with Crippen molar-refractivity contribution >= 4 is 22.8 Å². The molecule has 0 saturated carbocycles. The van der Waals surface area contributed by atoms with Gasteiger partial charge in [-0.15, -0.1) is 0 Å². The van der Waals surface area contributed by atoms with E-state index in [9.17, 15) is 4.79 Å². The summed E-state index contributed by atoms with van der Waals surface area (Å²) in [5, 5.41) is 13.4. The number of nitrogens with zero attached hydrogens (tertiary/aromatic N) is 5. The van der Waals surface area contributed by atoms with Crippen LogP contribution in [0.5, 0.6) is 0 Å².